The fraction of sp³-hybridized carbons (Fsp3) is 0.429. The minimum Gasteiger partial charge on any atom is -0.371 e. The van der Waals surface area contributed by atoms with Crippen molar-refractivity contribution in [2.45, 2.75) is 26.2 Å². The van der Waals surface area contributed by atoms with Crippen molar-refractivity contribution >= 4 is 17.4 Å². The number of rotatable bonds is 3. The highest BCUT2D eigenvalue weighted by atomic mass is 16.2. The summed E-state index contributed by atoms with van der Waals surface area (Å²) in [6.07, 6.45) is 4.88. The minimum atomic E-state index is -0.0881. The molecule has 0 unspecified atom stereocenters. The number of piperidine rings is 1. The second kappa shape index (κ2) is 6.89. The number of aryl methyl sites for hydroxylation is 1. The van der Waals surface area contributed by atoms with Crippen molar-refractivity contribution in [1.82, 2.24) is 24.5 Å². The minimum absolute atomic E-state index is 0.0881. The van der Waals surface area contributed by atoms with Crippen LogP contribution in [0.1, 0.15) is 34.7 Å². The summed E-state index contributed by atoms with van der Waals surface area (Å²) in [5, 5.41) is 4.36. The smallest absolute Gasteiger partial charge is 0.293 e. The van der Waals surface area contributed by atoms with Crippen LogP contribution in [0.3, 0.4) is 0 Å². The summed E-state index contributed by atoms with van der Waals surface area (Å²) in [6.45, 7) is 5.65. The molecule has 4 heterocycles. The van der Waals surface area contributed by atoms with Crippen LogP contribution in [0.4, 0.5) is 5.69 Å². The number of likely N-dealkylation sites (tertiary alicyclic amines) is 1. The average molecular weight is 376 g/mol. The summed E-state index contributed by atoms with van der Waals surface area (Å²) in [5.74, 6) is 1.25. The summed E-state index contributed by atoms with van der Waals surface area (Å²) in [4.78, 5) is 25.8. The Bertz CT molecular complexity index is 1020. The molecule has 5 rings (SSSR count). The van der Waals surface area contributed by atoms with Crippen LogP contribution in [-0.4, -0.2) is 56.6 Å². The molecule has 3 aromatic rings. The van der Waals surface area contributed by atoms with Crippen molar-refractivity contribution in [2.75, 3.05) is 31.1 Å². The third-order valence-corrected chi connectivity index (χ3v) is 5.98. The maximum absolute atomic E-state index is 12.8. The zero-order chi connectivity index (χ0) is 19.1. The van der Waals surface area contributed by atoms with Crippen molar-refractivity contribution in [2.24, 2.45) is 5.92 Å². The molecule has 0 atom stereocenters. The number of fused-ring (bicyclic) bond motifs is 2. The Morgan fingerprint density at radius 2 is 1.96 bits per heavy atom. The van der Waals surface area contributed by atoms with Gasteiger partial charge in [-0.25, -0.2) is 9.50 Å². The molecular weight excluding hydrogens is 352 g/mol. The first-order valence-corrected chi connectivity index (χ1v) is 9.99. The number of carbonyl (C=O) groups is 1. The lowest BCUT2D eigenvalue weighted by Crippen LogP contribution is -2.41. The predicted octanol–water partition coefficient (Wildman–Crippen LogP) is 2.35. The van der Waals surface area contributed by atoms with E-state index in [1.807, 2.05) is 17.9 Å². The molecule has 144 valence electrons. The third-order valence-electron chi connectivity index (χ3n) is 5.98. The largest absolute Gasteiger partial charge is 0.371 e. The van der Waals surface area contributed by atoms with Gasteiger partial charge in [0.15, 0.2) is 0 Å². The molecule has 0 bridgehead atoms. The van der Waals surface area contributed by atoms with E-state index < -0.39 is 0 Å². The Labute approximate surface area is 164 Å². The Morgan fingerprint density at radius 3 is 2.79 bits per heavy atom. The monoisotopic (exact) mass is 376 g/mol. The van der Waals surface area contributed by atoms with Crippen molar-refractivity contribution < 1.29 is 4.79 Å². The number of hydrogen-bond donors (Lipinski definition) is 0. The van der Waals surface area contributed by atoms with Gasteiger partial charge in [0.2, 0.25) is 5.82 Å². The van der Waals surface area contributed by atoms with E-state index in [0.717, 1.165) is 51.1 Å². The topological polar surface area (TPSA) is 66.6 Å². The van der Waals surface area contributed by atoms with E-state index in [1.54, 1.807) is 10.7 Å². The van der Waals surface area contributed by atoms with Gasteiger partial charge < -0.3 is 9.80 Å². The number of carbonyl (C=O) groups excluding carboxylic acids is 1. The molecule has 0 spiro atoms. The Balaban J connectivity index is 1.22. The summed E-state index contributed by atoms with van der Waals surface area (Å²) in [7, 11) is 0. The van der Waals surface area contributed by atoms with Gasteiger partial charge in [-0.1, -0.05) is 18.2 Å². The van der Waals surface area contributed by atoms with Crippen LogP contribution in [-0.2, 0) is 6.42 Å². The molecule has 2 aliphatic rings. The molecule has 0 aliphatic carbocycles. The summed E-state index contributed by atoms with van der Waals surface area (Å²) >= 11 is 0. The number of nitrogens with zero attached hydrogens (tertiary/aromatic N) is 6. The van der Waals surface area contributed by atoms with Crippen LogP contribution < -0.4 is 4.90 Å². The van der Waals surface area contributed by atoms with E-state index in [-0.39, 0.29) is 11.7 Å². The van der Waals surface area contributed by atoms with Crippen LogP contribution in [0.25, 0.3) is 5.78 Å². The fourth-order valence-electron chi connectivity index (χ4n) is 4.36. The zero-order valence-electron chi connectivity index (χ0n) is 16.1. The molecule has 0 N–H and O–H groups in total. The van der Waals surface area contributed by atoms with Crippen LogP contribution >= 0.6 is 0 Å². The first kappa shape index (κ1) is 17.2. The van der Waals surface area contributed by atoms with Crippen LogP contribution in [0.2, 0.25) is 0 Å². The molecule has 1 aromatic carbocycles. The molecule has 7 heteroatoms. The Hall–Kier alpha value is -2.96. The fourth-order valence-corrected chi connectivity index (χ4v) is 4.36. The summed E-state index contributed by atoms with van der Waals surface area (Å²) in [5.41, 5.74) is 3.76. The van der Waals surface area contributed by atoms with E-state index in [9.17, 15) is 4.79 Å². The Kier molecular flexibility index (Phi) is 4.22. The number of anilines is 1. The first-order valence-electron chi connectivity index (χ1n) is 9.99. The second-order valence-corrected chi connectivity index (χ2v) is 7.79. The number of hydrogen-bond acceptors (Lipinski definition) is 5. The van der Waals surface area contributed by atoms with Gasteiger partial charge in [-0.3, -0.25) is 4.79 Å². The van der Waals surface area contributed by atoms with Gasteiger partial charge in [0.05, 0.1) is 0 Å². The normalized spacial score (nSPS) is 17.3. The molecule has 1 amide bonds. The lowest BCUT2D eigenvalue weighted by atomic mass is 9.96. The van der Waals surface area contributed by atoms with Crippen LogP contribution in [0.15, 0.2) is 36.5 Å². The van der Waals surface area contributed by atoms with E-state index in [4.69, 9.17) is 0 Å². The van der Waals surface area contributed by atoms with E-state index in [1.165, 1.54) is 11.3 Å². The maximum Gasteiger partial charge on any atom is 0.293 e. The summed E-state index contributed by atoms with van der Waals surface area (Å²) in [6, 6.07) is 10.6. The first-order chi connectivity index (χ1) is 13.7. The van der Waals surface area contributed by atoms with Gasteiger partial charge in [-0.15, -0.1) is 5.10 Å². The quantitative estimate of drug-likeness (QED) is 0.702. The third kappa shape index (κ3) is 3.00. The highest BCUT2D eigenvalue weighted by Gasteiger charge is 2.29. The molecule has 7 nitrogen and oxygen atoms in total. The van der Waals surface area contributed by atoms with Gasteiger partial charge >= 0.3 is 0 Å². The highest BCUT2D eigenvalue weighted by Crippen LogP contribution is 2.30. The zero-order valence-corrected chi connectivity index (χ0v) is 16.1. The number of benzene rings is 1. The van der Waals surface area contributed by atoms with Gasteiger partial charge in [0, 0.05) is 43.8 Å². The SMILES string of the molecule is Cc1ccnc2nc(C(=O)N3CCC(CN4CCc5ccccc54)CC3)nn12. The molecule has 2 aromatic heterocycles. The van der Waals surface area contributed by atoms with Crippen molar-refractivity contribution in [3.63, 3.8) is 0 Å². The summed E-state index contributed by atoms with van der Waals surface area (Å²) < 4.78 is 1.63. The van der Waals surface area contributed by atoms with Gasteiger partial charge in [-0.05, 0) is 49.8 Å². The molecule has 1 fully saturated rings. The average Bonchev–Trinajstić information content (AvgIpc) is 3.34. The van der Waals surface area contributed by atoms with Crippen LogP contribution in [0.5, 0.6) is 0 Å². The van der Waals surface area contributed by atoms with Gasteiger partial charge in [0.1, 0.15) is 0 Å². The van der Waals surface area contributed by atoms with E-state index in [0.29, 0.717) is 11.7 Å². The van der Waals surface area contributed by atoms with Crippen molar-refractivity contribution in [1.29, 1.82) is 0 Å². The van der Waals surface area contributed by atoms with Gasteiger partial charge in [0.25, 0.3) is 11.7 Å². The molecule has 28 heavy (non-hydrogen) atoms. The molecule has 0 radical (unpaired) electrons. The van der Waals surface area contributed by atoms with Crippen LogP contribution in [0, 0.1) is 12.8 Å². The lowest BCUT2D eigenvalue weighted by molar-refractivity contribution is 0.0681. The molecular formula is C21H24N6O. The Morgan fingerprint density at radius 1 is 1.14 bits per heavy atom. The van der Waals surface area contributed by atoms with Crippen molar-refractivity contribution in [3.05, 3.63) is 53.6 Å². The highest BCUT2D eigenvalue weighted by molar-refractivity contribution is 5.91. The van der Waals surface area contributed by atoms with E-state index >= 15 is 0 Å². The molecule has 1 saturated heterocycles. The van der Waals surface area contributed by atoms with E-state index in [2.05, 4.69) is 44.2 Å². The van der Waals surface area contributed by atoms with Gasteiger partial charge in [-0.2, -0.15) is 4.98 Å². The number of para-hydroxylation sites is 1. The molecule has 2 aliphatic heterocycles. The lowest BCUT2D eigenvalue weighted by Gasteiger charge is -2.34. The number of amides is 1. The maximum atomic E-state index is 12.8. The number of aromatic nitrogens is 4. The van der Waals surface area contributed by atoms with Crippen molar-refractivity contribution in [3.8, 4) is 0 Å². The molecule has 0 saturated carbocycles. The standard InChI is InChI=1S/C21H24N6O/c1-15-6-10-22-21-23-19(24-27(15)21)20(28)25-11-7-16(8-12-25)14-26-13-9-17-4-2-3-5-18(17)26/h2-6,10,16H,7-9,11-14H2,1H3. The predicted molar refractivity (Wildman–Crippen MR) is 107 cm³/mol. The second-order valence-electron chi connectivity index (χ2n) is 7.79.